The van der Waals surface area contributed by atoms with Crippen molar-refractivity contribution in [2.45, 2.75) is 12.8 Å². The molecule has 1 saturated heterocycles. The summed E-state index contributed by atoms with van der Waals surface area (Å²) >= 11 is 0. The zero-order chi connectivity index (χ0) is 17.5. The molecule has 4 heteroatoms. The van der Waals surface area contributed by atoms with E-state index in [1.165, 1.54) is 0 Å². The predicted octanol–water partition coefficient (Wildman–Crippen LogP) is 3.58. The van der Waals surface area contributed by atoms with E-state index in [-0.39, 0.29) is 17.7 Å². The summed E-state index contributed by atoms with van der Waals surface area (Å²) in [7, 11) is 0. The van der Waals surface area contributed by atoms with Crippen LogP contribution in [0.5, 0.6) is 0 Å². The van der Waals surface area contributed by atoms with Gasteiger partial charge in [0.1, 0.15) is 0 Å². The van der Waals surface area contributed by atoms with Crippen molar-refractivity contribution in [2.75, 3.05) is 18.4 Å². The van der Waals surface area contributed by atoms with E-state index in [1.807, 2.05) is 66.7 Å². The zero-order valence-corrected chi connectivity index (χ0v) is 14.1. The number of benzene rings is 2. The molecule has 25 heavy (non-hydrogen) atoms. The fourth-order valence-corrected chi connectivity index (χ4v) is 2.99. The van der Waals surface area contributed by atoms with Gasteiger partial charge in [0.25, 0.3) is 0 Å². The van der Waals surface area contributed by atoms with Crippen LogP contribution in [0.2, 0.25) is 0 Å². The number of carbonyl (C=O) groups is 2. The van der Waals surface area contributed by atoms with Crippen molar-refractivity contribution in [1.29, 1.82) is 0 Å². The maximum absolute atomic E-state index is 12.4. The van der Waals surface area contributed by atoms with Crippen molar-refractivity contribution in [2.24, 2.45) is 5.92 Å². The van der Waals surface area contributed by atoms with E-state index in [2.05, 4.69) is 5.32 Å². The molecular formula is C21H22N2O2. The third-order valence-corrected chi connectivity index (χ3v) is 4.36. The fourth-order valence-electron chi connectivity index (χ4n) is 2.99. The minimum atomic E-state index is -0.164. The van der Waals surface area contributed by atoms with E-state index in [9.17, 15) is 9.59 Å². The number of nitrogens with zero attached hydrogens (tertiary/aromatic N) is 1. The van der Waals surface area contributed by atoms with Gasteiger partial charge < -0.3 is 10.2 Å². The van der Waals surface area contributed by atoms with E-state index in [4.69, 9.17) is 0 Å². The van der Waals surface area contributed by atoms with Gasteiger partial charge in [-0.05, 0) is 36.6 Å². The van der Waals surface area contributed by atoms with Crippen LogP contribution in [0.1, 0.15) is 18.4 Å². The van der Waals surface area contributed by atoms with Crippen molar-refractivity contribution in [3.63, 3.8) is 0 Å². The molecule has 4 nitrogen and oxygen atoms in total. The van der Waals surface area contributed by atoms with Crippen LogP contribution in [0.15, 0.2) is 66.7 Å². The molecule has 0 bridgehead atoms. The third-order valence-electron chi connectivity index (χ3n) is 4.36. The van der Waals surface area contributed by atoms with Gasteiger partial charge in [0.2, 0.25) is 11.8 Å². The SMILES string of the molecule is O=C(Nc1ccccc1)C1CCCN(C(=O)/C=C/c2ccccc2)C1. The topological polar surface area (TPSA) is 49.4 Å². The van der Waals surface area contributed by atoms with Crippen molar-refractivity contribution >= 4 is 23.6 Å². The fraction of sp³-hybridized carbons (Fsp3) is 0.238. The number of rotatable bonds is 4. The Bertz CT molecular complexity index is 741. The molecule has 0 spiro atoms. The number of hydrogen-bond acceptors (Lipinski definition) is 2. The van der Waals surface area contributed by atoms with E-state index in [0.29, 0.717) is 13.1 Å². The predicted molar refractivity (Wildman–Crippen MR) is 99.9 cm³/mol. The smallest absolute Gasteiger partial charge is 0.246 e. The number of hydrogen-bond donors (Lipinski definition) is 1. The largest absolute Gasteiger partial charge is 0.338 e. The number of carbonyl (C=O) groups excluding carboxylic acids is 2. The molecule has 1 atom stereocenters. The molecular weight excluding hydrogens is 312 g/mol. The molecule has 1 heterocycles. The maximum atomic E-state index is 12.4. The Morgan fingerprint density at radius 3 is 2.40 bits per heavy atom. The summed E-state index contributed by atoms with van der Waals surface area (Å²) in [6, 6.07) is 19.2. The normalized spacial score (nSPS) is 17.4. The Morgan fingerprint density at radius 2 is 1.68 bits per heavy atom. The molecule has 0 aromatic heterocycles. The maximum Gasteiger partial charge on any atom is 0.246 e. The molecule has 3 rings (SSSR count). The first kappa shape index (κ1) is 17.0. The van der Waals surface area contributed by atoms with Gasteiger partial charge in [0, 0.05) is 24.9 Å². The van der Waals surface area contributed by atoms with Crippen LogP contribution in [0.4, 0.5) is 5.69 Å². The number of nitrogens with one attached hydrogen (secondary N) is 1. The Labute approximate surface area is 148 Å². The van der Waals surface area contributed by atoms with Crippen LogP contribution in [-0.4, -0.2) is 29.8 Å². The minimum Gasteiger partial charge on any atom is -0.338 e. The zero-order valence-electron chi connectivity index (χ0n) is 14.1. The van der Waals surface area contributed by atoms with Crippen molar-refractivity contribution in [3.05, 3.63) is 72.3 Å². The summed E-state index contributed by atoms with van der Waals surface area (Å²) in [6.07, 6.45) is 5.06. The standard InChI is InChI=1S/C21H22N2O2/c24-20(14-13-17-8-3-1-4-9-17)23-15-7-10-18(16-23)21(25)22-19-11-5-2-6-12-19/h1-6,8-9,11-14,18H,7,10,15-16H2,(H,22,25)/b14-13+. The van der Waals surface area contributed by atoms with Crippen LogP contribution < -0.4 is 5.32 Å². The number of anilines is 1. The molecule has 128 valence electrons. The van der Waals surface area contributed by atoms with Gasteiger partial charge in [0.15, 0.2) is 0 Å². The second kappa shape index (κ2) is 8.29. The van der Waals surface area contributed by atoms with Crippen LogP contribution in [0.25, 0.3) is 6.08 Å². The van der Waals surface area contributed by atoms with Gasteiger partial charge >= 0.3 is 0 Å². The van der Waals surface area contributed by atoms with Gasteiger partial charge in [-0.2, -0.15) is 0 Å². The Kier molecular flexibility index (Phi) is 5.62. The molecule has 2 amide bonds. The van der Waals surface area contributed by atoms with Crippen LogP contribution in [0.3, 0.4) is 0 Å². The van der Waals surface area contributed by atoms with Crippen molar-refractivity contribution in [3.8, 4) is 0 Å². The van der Waals surface area contributed by atoms with Gasteiger partial charge in [-0.15, -0.1) is 0 Å². The monoisotopic (exact) mass is 334 g/mol. The average Bonchev–Trinajstić information content (AvgIpc) is 2.68. The van der Waals surface area contributed by atoms with E-state index >= 15 is 0 Å². The molecule has 0 radical (unpaired) electrons. The summed E-state index contributed by atoms with van der Waals surface area (Å²) in [4.78, 5) is 26.6. The first-order valence-corrected chi connectivity index (χ1v) is 8.60. The highest BCUT2D eigenvalue weighted by Crippen LogP contribution is 2.19. The van der Waals surface area contributed by atoms with Crippen LogP contribution in [0, 0.1) is 5.92 Å². The van der Waals surface area contributed by atoms with Crippen LogP contribution in [-0.2, 0) is 9.59 Å². The summed E-state index contributed by atoms with van der Waals surface area (Å²) in [5, 5.41) is 2.93. The molecule has 1 unspecified atom stereocenters. The highest BCUT2D eigenvalue weighted by atomic mass is 16.2. The highest BCUT2D eigenvalue weighted by Gasteiger charge is 2.27. The van der Waals surface area contributed by atoms with Gasteiger partial charge in [-0.25, -0.2) is 0 Å². The quantitative estimate of drug-likeness (QED) is 0.869. The van der Waals surface area contributed by atoms with Crippen molar-refractivity contribution < 1.29 is 9.59 Å². The number of likely N-dealkylation sites (tertiary alicyclic amines) is 1. The Morgan fingerprint density at radius 1 is 1.00 bits per heavy atom. The lowest BCUT2D eigenvalue weighted by atomic mass is 9.97. The summed E-state index contributed by atoms with van der Waals surface area (Å²) < 4.78 is 0. The lowest BCUT2D eigenvalue weighted by Crippen LogP contribution is -2.43. The minimum absolute atomic E-state index is 0.0178. The molecule has 2 aromatic rings. The second-order valence-corrected chi connectivity index (χ2v) is 6.22. The van der Waals surface area contributed by atoms with Crippen molar-refractivity contribution in [1.82, 2.24) is 4.90 Å². The van der Waals surface area contributed by atoms with E-state index in [0.717, 1.165) is 24.1 Å². The third kappa shape index (κ3) is 4.80. The molecule has 1 fully saturated rings. The Balaban J connectivity index is 1.58. The average molecular weight is 334 g/mol. The highest BCUT2D eigenvalue weighted by molar-refractivity contribution is 5.95. The van der Waals surface area contributed by atoms with E-state index < -0.39 is 0 Å². The summed E-state index contributed by atoms with van der Waals surface area (Å²) in [6.45, 7) is 1.17. The summed E-state index contributed by atoms with van der Waals surface area (Å²) in [5.74, 6) is -0.222. The molecule has 0 saturated carbocycles. The molecule has 2 aromatic carbocycles. The molecule has 1 N–H and O–H groups in total. The number of amides is 2. The second-order valence-electron chi connectivity index (χ2n) is 6.22. The first-order chi connectivity index (χ1) is 12.2. The summed E-state index contributed by atoms with van der Waals surface area (Å²) in [5.41, 5.74) is 1.78. The molecule has 0 aliphatic carbocycles. The molecule has 1 aliphatic heterocycles. The van der Waals surface area contributed by atoms with Gasteiger partial charge in [0.05, 0.1) is 5.92 Å². The van der Waals surface area contributed by atoms with Crippen LogP contribution >= 0.6 is 0 Å². The first-order valence-electron chi connectivity index (χ1n) is 8.60. The van der Waals surface area contributed by atoms with Gasteiger partial charge in [-0.1, -0.05) is 48.5 Å². The lowest BCUT2D eigenvalue weighted by Gasteiger charge is -2.31. The lowest BCUT2D eigenvalue weighted by molar-refractivity contribution is -0.130. The number of para-hydroxylation sites is 1. The Hall–Kier alpha value is -2.88. The van der Waals surface area contributed by atoms with Gasteiger partial charge in [-0.3, -0.25) is 9.59 Å². The molecule has 1 aliphatic rings. The number of piperidine rings is 1. The van der Waals surface area contributed by atoms with E-state index in [1.54, 1.807) is 11.0 Å².